The molecule has 8 nitrogen and oxygen atoms in total. The van der Waals surface area contributed by atoms with Gasteiger partial charge in [0.15, 0.2) is 10.9 Å². The summed E-state index contributed by atoms with van der Waals surface area (Å²) in [5.74, 6) is 0.106. The molecule has 0 saturated carbocycles. The normalized spacial score (nSPS) is 14.1. The fourth-order valence-electron chi connectivity index (χ4n) is 3.87. The number of hydrogen-bond donors (Lipinski definition) is 1. The molecule has 0 radical (unpaired) electrons. The molecule has 1 N–H and O–H groups in total. The number of aryl methyl sites for hydroxylation is 2. The van der Waals surface area contributed by atoms with Crippen LogP contribution in [0, 0.1) is 6.92 Å². The molecule has 1 aromatic heterocycles. The number of thiazole rings is 1. The van der Waals surface area contributed by atoms with Crippen molar-refractivity contribution in [2.24, 2.45) is 0 Å². The molecule has 1 fully saturated rings. The van der Waals surface area contributed by atoms with E-state index < -0.39 is 10.0 Å². The molecule has 2 aromatic carbocycles. The van der Waals surface area contributed by atoms with Crippen molar-refractivity contribution in [2.75, 3.05) is 35.8 Å². The van der Waals surface area contributed by atoms with Gasteiger partial charge in [0.25, 0.3) is 10.0 Å². The first kappa shape index (κ1) is 24.9. The number of anilines is 2. The number of nitrogens with one attached hydrogen (secondary N) is 1. The third-order valence-electron chi connectivity index (χ3n) is 5.97. The van der Waals surface area contributed by atoms with E-state index in [0.29, 0.717) is 37.2 Å². The predicted octanol–water partition coefficient (Wildman–Crippen LogP) is 3.74. The highest BCUT2D eigenvalue weighted by atomic mass is 32.2. The Morgan fingerprint density at radius 3 is 2.29 bits per heavy atom. The second-order valence-corrected chi connectivity index (χ2v) is 11.1. The molecule has 0 aliphatic carbocycles. The number of carbonyl (C=O) groups is 2. The molecule has 1 amide bonds. The van der Waals surface area contributed by atoms with Crippen molar-refractivity contribution in [3.05, 3.63) is 70.7 Å². The van der Waals surface area contributed by atoms with Crippen molar-refractivity contribution in [1.29, 1.82) is 0 Å². The Bertz CT molecular complexity index is 1290. The molecule has 35 heavy (non-hydrogen) atoms. The van der Waals surface area contributed by atoms with Crippen LogP contribution in [0.4, 0.5) is 10.8 Å². The minimum atomic E-state index is -3.70. The van der Waals surface area contributed by atoms with Crippen molar-refractivity contribution in [3.8, 4) is 0 Å². The molecule has 0 spiro atoms. The fraction of sp³-hybridized carbons (Fsp3) is 0.320. The van der Waals surface area contributed by atoms with Crippen LogP contribution in [0.15, 0.2) is 58.8 Å². The van der Waals surface area contributed by atoms with Gasteiger partial charge < -0.3 is 9.80 Å². The molecule has 0 atom stereocenters. The number of Topliss-reactive ketones (excluding diaryl/α,β-unsaturated/α-hetero) is 1. The number of amides is 1. The van der Waals surface area contributed by atoms with E-state index in [0.717, 1.165) is 24.3 Å². The summed E-state index contributed by atoms with van der Waals surface area (Å²) in [4.78, 5) is 32.8. The zero-order chi connectivity index (χ0) is 25.0. The van der Waals surface area contributed by atoms with Crippen LogP contribution in [-0.4, -0.2) is 56.2 Å². The van der Waals surface area contributed by atoms with E-state index in [2.05, 4.69) is 14.6 Å². The lowest BCUT2D eigenvalue weighted by Crippen LogP contribution is -2.48. The summed E-state index contributed by atoms with van der Waals surface area (Å²) < 4.78 is 27.6. The maximum Gasteiger partial charge on any atom is 0.263 e. The lowest BCUT2D eigenvalue weighted by molar-refractivity contribution is -0.131. The lowest BCUT2D eigenvalue weighted by atomic mass is 10.1. The van der Waals surface area contributed by atoms with Crippen molar-refractivity contribution in [2.45, 2.75) is 31.6 Å². The summed E-state index contributed by atoms with van der Waals surface area (Å²) in [6.07, 6.45) is 0.773. The number of rotatable bonds is 8. The van der Waals surface area contributed by atoms with E-state index in [1.807, 2.05) is 36.1 Å². The maximum absolute atomic E-state index is 12.7. The zero-order valence-corrected chi connectivity index (χ0v) is 21.4. The highest BCUT2D eigenvalue weighted by Gasteiger charge is 2.22. The van der Waals surface area contributed by atoms with Gasteiger partial charge >= 0.3 is 0 Å². The van der Waals surface area contributed by atoms with E-state index in [4.69, 9.17) is 0 Å². The molecule has 0 bridgehead atoms. The van der Waals surface area contributed by atoms with Crippen LogP contribution in [0.1, 0.15) is 35.0 Å². The van der Waals surface area contributed by atoms with Crippen molar-refractivity contribution >= 4 is 43.9 Å². The third kappa shape index (κ3) is 6.26. The van der Waals surface area contributed by atoms with Gasteiger partial charge in [0.1, 0.15) is 0 Å². The highest BCUT2D eigenvalue weighted by Crippen LogP contribution is 2.22. The average molecular weight is 513 g/mol. The van der Waals surface area contributed by atoms with Crippen LogP contribution in [0.5, 0.6) is 0 Å². The number of nitrogens with zero attached hydrogens (tertiary/aromatic N) is 3. The van der Waals surface area contributed by atoms with Crippen LogP contribution in [0.3, 0.4) is 0 Å². The van der Waals surface area contributed by atoms with Gasteiger partial charge in [0.2, 0.25) is 5.91 Å². The van der Waals surface area contributed by atoms with Gasteiger partial charge in [-0.1, -0.05) is 17.7 Å². The number of aromatic nitrogens is 1. The molecule has 3 aromatic rings. The Morgan fingerprint density at radius 2 is 1.66 bits per heavy atom. The van der Waals surface area contributed by atoms with Gasteiger partial charge in [-0.3, -0.25) is 14.3 Å². The molecular weight excluding hydrogens is 484 g/mol. The van der Waals surface area contributed by atoms with Gasteiger partial charge in [-0.25, -0.2) is 13.4 Å². The summed E-state index contributed by atoms with van der Waals surface area (Å²) >= 11 is 1.21. The summed E-state index contributed by atoms with van der Waals surface area (Å²) in [6, 6.07) is 14.2. The Balaban J connectivity index is 1.26. The number of benzene rings is 2. The van der Waals surface area contributed by atoms with E-state index in [1.165, 1.54) is 11.3 Å². The van der Waals surface area contributed by atoms with Crippen molar-refractivity contribution in [1.82, 2.24) is 9.88 Å². The first-order valence-corrected chi connectivity index (χ1v) is 13.8. The summed E-state index contributed by atoms with van der Waals surface area (Å²) in [5.41, 5.74) is 3.41. The van der Waals surface area contributed by atoms with E-state index in [-0.39, 0.29) is 21.7 Å². The smallest absolute Gasteiger partial charge is 0.263 e. The lowest BCUT2D eigenvalue weighted by Gasteiger charge is -2.36. The first-order valence-electron chi connectivity index (χ1n) is 11.4. The number of sulfonamides is 1. The standard InChI is InChI=1S/C25H28N4O4S2/c1-18-3-10-23(11-4-18)35(32,33)27-25-26-21(17-34-25)7-12-24(31)29-15-13-28(14-16-29)22-8-5-20(6-9-22)19(2)30/h3-6,8-11,17H,7,12-16H2,1-2H3,(H,26,27). The van der Waals surface area contributed by atoms with Gasteiger partial charge in [-0.15, -0.1) is 11.3 Å². The van der Waals surface area contributed by atoms with Crippen LogP contribution >= 0.6 is 11.3 Å². The zero-order valence-electron chi connectivity index (χ0n) is 19.7. The number of carbonyl (C=O) groups excluding carboxylic acids is 2. The molecule has 0 unspecified atom stereocenters. The maximum atomic E-state index is 12.7. The topological polar surface area (TPSA) is 99.7 Å². The first-order chi connectivity index (χ1) is 16.7. The van der Waals surface area contributed by atoms with Crippen LogP contribution < -0.4 is 9.62 Å². The quantitative estimate of drug-likeness (QED) is 0.462. The third-order valence-corrected chi connectivity index (χ3v) is 8.26. The second kappa shape index (κ2) is 10.6. The van der Waals surface area contributed by atoms with Gasteiger partial charge in [-0.05, 0) is 56.7 Å². The van der Waals surface area contributed by atoms with Gasteiger partial charge in [0.05, 0.1) is 10.6 Å². The Morgan fingerprint density at radius 1 is 1.00 bits per heavy atom. The van der Waals surface area contributed by atoms with Crippen LogP contribution in [0.2, 0.25) is 0 Å². The Labute approximate surface area is 209 Å². The second-order valence-electron chi connectivity index (χ2n) is 8.53. The molecule has 184 valence electrons. The molecule has 10 heteroatoms. The predicted molar refractivity (Wildman–Crippen MR) is 138 cm³/mol. The summed E-state index contributed by atoms with van der Waals surface area (Å²) in [5, 5.41) is 2.07. The monoisotopic (exact) mass is 512 g/mol. The molecule has 1 saturated heterocycles. The van der Waals surface area contributed by atoms with E-state index in [1.54, 1.807) is 36.6 Å². The van der Waals surface area contributed by atoms with E-state index >= 15 is 0 Å². The van der Waals surface area contributed by atoms with Gasteiger partial charge in [0, 0.05) is 49.2 Å². The Hall–Kier alpha value is -3.24. The molecule has 2 heterocycles. The fourth-order valence-corrected chi connectivity index (χ4v) is 5.87. The largest absolute Gasteiger partial charge is 0.368 e. The van der Waals surface area contributed by atoms with E-state index in [9.17, 15) is 18.0 Å². The molecular formula is C25H28N4O4S2. The highest BCUT2D eigenvalue weighted by molar-refractivity contribution is 7.93. The SMILES string of the molecule is CC(=O)c1ccc(N2CCN(C(=O)CCc3csc(NS(=O)(=O)c4ccc(C)cc4)n3)CC2)cc1. The number of piperazine rings is 1. The van der Waals surface area contributed by atoms with Crippen LogP contribution in [-0.2, 0) is 21.2 Å². The number of ketones is 1. The van der Waals surface area contributed by atoms with Gasteiger partial charge in [-0.2, -0.15) is 0 Å². The number of hydrogen-bond acceptors (Lipinski definition) is 7. The molecule has 1 aliphatic rings. The molecule has 1 aliphatic heterocycles. The van der Waals surface area contributed by atoms with Crippen LogP contribution in [0.25, 0.3) is 0 Å². The molecule has 4 rings (SSSR count). The summed E-state index contributed by atoms with van der Waals surface area (Å²) in [6.45, 7) is 6.17. The average Bonchev–Trinajstić information content (AvgIpc) is 3.29. The van der Waals surface area contributed by atoms with Crippen molar-refractivity contribution < 1.29 is 18.0 Å². The minimum absolute atomic E-state index is 0.0443. The summed E-state index contributed by atoms with van der Waals surface area (Å²) in [7, 11) is -3.70. The Kier molecular flexibility index (Phi) is 7.51. The minimum Gasteiger partial charge on any atom is -0.368 e. The van der Waals surface area contributed by atoms with Crippen molar-refractivity contribution in [3.63, 3.8) is 0 Å².